The average Bonchev–Trinajstić information content (AvgIpc) is 2.49. The van der Waals surface area contributed by atoms with E-state index < -0.39 is 0 Å². The lowest BCUT2D eigenvalue weighted by molar-refractivity contribution is 0.0951. The molecule has 0 aromatic heterocycles. The second-order valence-electron chi connectivity index (χ2n) is 4.30. The number of carbonyl (C=O) groups is 1. The first-order chi connectivity index (χ1) is 9.72. The summed E-state index contributed by atoms with van der Waals surface area (Å²) in [6.45, 7) is 0.528. The molecule has 0 atom stereocenters. The minimum Gasteiger partial charge on any atom is -0.496 e. The number of amides is 1. The molecule has 0 aliphatic carbocycles. The van der Waals surface area contributed by atoms with Crippen LogP contribution in [0.2, 0.25) is 5.02 Å². The molecule has 0 heterocycles. The van der Waals surface area contributed by atoms with Gasteiger partial charge in [0.05, 0.1) is 12.7 Å². The Balaban J connectivity index is 1.94. The molecule has 20 heavy (non-hydrogen) atoms. The standard InChI is InChI=1S/C16H16ClNO2/c1-20-15-9-5-3-7-13(15)16(19)18-11-10-12-6-2-4-8-14(12)17/h2-9H,10-11H2,1H3,(H,18,19). The summed E-state index contributed by atoms with van der Waals surface area (Å²) in [7, 11) is 1.55. The third kappa shape index (κ3) is 3.52. The van der Waals surface area contributed by atoms with Crippen molar-refractivity contribution in [1.29, 1.82) is 0 Å². The Morgan fingerprint density at radius 3 is 2.60 bits per heavy atom. The zero-order valence-electron chi connectivity index (χ0n) is 11.2. The Morgan fingerprint density at radius 2 is 1.85 bits per heavy atom. The van der Waals surface area contributed by atoms with E-state index in [0.717, 1.165) is 10.6 Å². The third-order valence-electron chi connectivity index (χ3n) is 2.99. The van der Waals surface area contributed by atoms with E-state index in [4.69, 9.17) is 16.3 Å². The summed E-state index contributed by atoms with van der Waals surface area (Å²) in [5.74, 6) is 0.428. The van der Waals surface area contributed by atoms with Crippen molar-refractivity contribution in [3.63, 3.8) is 0 Å². The van der Waals surface area contributed by atoms with Crippen LogP contribution in [0, 0.1) is 0 Å². The van der Waals surface area contributed by atoms with Crippen LogP contribution < -0.4 is 10.1 Å². The van der Waals surface area contributed by atoms with Crippen molar-refractivity contribution in [3.8, 4) is 5.75 Å². The second kappa shape index (κ2) is 6.96. The highest BCUT2D eigenvalue weighted by Gasteiger charge is 2.10. The molecule has 0 saturated carbocycles. The fraction of sp³-hybridized carbons (Fsp3) is 0.188. The Labute approximate surface area is 123 Å². The molecule has 104 valence electrons. The predicted molar refractivity (Wildman–Crippen MR) is 80.5 cm³/mol. The van der Waals surface area contributed by atoms with Crippen molar-refractivity contribution in [2.24, 2.45) is 0 Å². The first-order valence-corrected chi connectivity index (χ1v) is 6.75. The van der Waals surface area contributed by atoms with Crippen LogP contribution in [-0.4, -0.2) is 19.6 Å². The van der Waals surface area contributed by atoms with Gasteiger partial charge in [-0.05, 0) is 30.2 Å². The molecule has 2 rings (SSSR count). The lowest BCUT2D eigenvalue weighted by Crippen LogP contribution is -2.26. The number of benzene rings is 2. The van der Waals surface area contributed by atoms with Gasteiger partial charge in [-0.15, -0.1) is 0 Å². The minimum absolute atomic E-state index is 0.144. The first-order valence-electron chi connectivity index (χ1n) is 6.37. The molecular weight excluding hydrogens is 274 g/mol. The van der Waals surface area contributed by atoms with Crippen LogP contribution in [0.3, 0.4) is 0 Å². The highest BCUT2D eigenvalue weighted by atomic mass is 35.5. The Kier molecular flexibility index (Phi) is 5.02. The molecule has 3 nitrogen and oxygen atoms in total. The van der Waals surface area contributed by atoms with E-state index >= 15 is 0 Å². The first kappa shape index (κ1) is 14.4. The van der Waals surface area contributed by atoms with Gasteiger partial charge in [0.25, 0.3) is 5.91 Å². The SMILES string of the molecule is COc1ccccc1C(=O)NCCc1ccccc1Cl. The predicted octanol–water partition coefficient (Wildman–Crippen LogP) is 3.32. The van der Waals surface area contributed by atoms with Crippen LogP contribution in [-0.2, 0) is 6.42 Å². The Hall–Kier alpha value is -2.00. The fourth-order valence-electron chi connectivity index (χ4n) is 1.94. The highest BCUT2D eigenvalue weighted by Crippen LogP contribution is 2.17. The molecule has 0 unspecified atom stereocenters. The molecule has 0 fully saturated rings. The van der Waals surface area contributed by atoms with Crippen LogP contribution in [0.1, 0.15) is 15.9 Å². The van der Waals surface area contributed by atoms with E-state index in [1.807, 2.05) is 36.4 Å². The summed E-state index contributed by atoms with van der Waals surface area (Å²) in [4.78, 5) is 12.1. The average molecular weight is 290 g/mol. The van der Waals surface area contributed by atoms with E-state index in [1.54, 1.807) is 19.2 Å². The lowest BCUT2D eigenvalue weighted by Gasteiger charge is -2.09. The maximum absolute atomic E-state index is 12.1. The summed E-state index contributed by atoms with van der Waals surface area (Å²) in [6.07, 6.45) is 0.695. The van der Waals surface area contributed by atoms with Crippen molar-refractivity contribution in [1.82, 2.24) is 5.32 Å². The topological polar surface area (TPSA) is 38.3 Å². The van der Waals surface area contributed by atoms with Gasteiger partial charge >= 0.3 is 0 Å². The summed E-state index contributed by atoms with van der Waals surface area (Å²) < 4.78 is 5.17. The number of carbonyl (C=O) groups excluding carboxylic acids is 1. The lowest BCUT2D eigenvalue weighted by atomic mass is 10.1. The number of methoxy groups -OCH3 is 1. The van der Waals surface area contributed by atoms with Crippen molar-refractivity contribution >= 4 is 17.5 Å². The Bertz CT molecular complexity index is 599. The molecule has 0 aliphatic rings. The zero-order valence-corrected chi connectivity index (χ0v) is 12.0. The number of halogens is 1. The monoisotopic (exact) mass is 289 g/mol. The number of nitrogens with one attached hydrogen (secondary N) is 1. The molecule has 0 saturated heterocycles. The maximum atomic E-state index is 12.1. The smallest absolute Gasteiger partial charge is 0.255 e. The van der Waals surface area contributed by atoms with Gasteiger partial charge < -0.3 is 10.1 Å². The zero-order chi connectivity index (χ0) is 14.4. The van der Waals surface area contributed by atoms with Crippen LogP contribution in [0.25, 0.3) is 0 Å². The summed E-state index contributed by atoms with van der Waals surface area (Å²) in [5.41, 5.74) is 1.56. The molecular formula is C16H16ClNO2. The van der Waals surface area contributed by atoms with Gasteiger partial charge in [0.15, 0.2) is 0 Å². The molecule has 1 amide bonds. The van der Waals surface area contributed by atoms with E-state index in [1.165, 1.54) is 0 Å². The van der Waals surface area contributed by atoms with E-state index in [9.17, 15) is 4.79 Å². The number of hydrogen-bond donors (Lipinski definition) is 1. The van der Waals surface area contributed by atoms with Gasteiger partial charge in [0.1, 0.15) is 5.75 Å². The van der Waals surface area contributed by atoms with Gasteiger partial charge in [0.2, 0.25) is 0 Å². The van der Waals surface area contributed by atoms with E-state index in [2.05, 4.69) is 5.32 Å². The van der Waals surface area contributed by atoms with Gasteiger partial charge in [-0.3, -0.25) is 4.79 Å². The quantitative estimate of drug-likeness (QED) is 0.917. The third-order valence-corrected chi connectivity index (χ3v) is 3.36. The number of rotatable bonds is 5. The largest absolute Gasteiger partial charge is 0.496 e. The molecule has 0 bridgehead atoms. The van der Waals surface area contributed by atoms with Crippen molar-refractivity contribution in [2.75, 3.05) is 13.7 Å². The molecule has 2 aromatic rings. The molecule has 4 heteroatoms. The van der Waals surface area contributed by atoms with Crippen molar-refractivity contribution in [3.05, 3.63) is 64.7 Å². The summed E-state index contributed by atoms with van der Waals surface area (Å²) >= 11 is 6.07. The normalized spacial score (nSPS) is 10.1. The van der Waals surface area contributed by atoms with Gasteiger partial charge in [-0.2, -0.15) is 0 Å². The molecule has 1 N–H and O–H groups in total. The van der Waals surface area contributed by atoms with Crippen LogP contribution in [0.5, 0.6) is 5.75 Å². The van der Waals surface area contributed by atoms with Gasteiger partial charge in [0, 0.05) is 11.6 Å². The second-order valence-corrected chi connectivity index (χ2v) is 4.70. The highest BCUT2D eigenvalue weighted by molar-refractivity contribution is 6.31. The van der Waals surface area contributed by atoms with Crippen LogP contribution in [0.15, 0.2) is 48.5 Å². The molecule has 0 aliphatic heterocycles. The Morgan fingerprint density at radius 1 is 1.15 bits per heavy atom. The molecule has 0 spiro atoms. The molecule has 2 aromatic carbocycles. The minimum atomic E-state index is -0.144. The number of para-hydroxylation sites is 1. The fourth-order valence-corrected chi connectivity index (χ4v) is 2.17. The maximum Gasteiger partial charge on any atom is 0.255 e. The summed E-state index contributed by atoms with van der Waals surface area (Å²) in [6, 6.07) is 14.8. The van der Waals surface area contributed by atoms with E-state index in [0.29, 0.717) is 24.3 Å². The molecule has 0 radical (unpaired) electrons. The van der Waals surface area contributed by atoms with Crippen LogP contribution in [0.4, 0.5) is 0 Å². The number of ether oxygens (including phenoxy) is 1. The van der Waals surface area contributed by atoms with E-state index in [-0.39, 0.29) is 5.91 Å². The van der Waals surface area contributed by atoms with Crippen molar-refractivity contribution in [2.45, 2.75) is 6.42 Å². The van der Waals surface area contributed by atoms with Crippen LogP contribution >= 0.6 is 11.6 Å². The van der Waals surface area contributed by atoms with Crippen molar-refractivity contribution < 1.29 is 9.53 Å². The van der Waals surface area contributed by atoms with Gasteiger partial charge in [-0.1, -0.05) is 41.9 Å². The summed E-state index contributed by atoms with van der Waals surface area (Å²) in [5, 5.41) is 3.59. The van der Waals surface area contributed by atoms with Gasteiger partial charge in [-0.25, -0.2) is 0 Å². The number of hydrogen-bond acceptors (Lipinski definition) is 2.